The lowest BCUT2D eigenvalue weighted by Crippen LogP contribution is -2.49. The fraction of sp³-hybridized carbons (Fsp3) is 0.600. The first-order valence-corrected chi connectivity index (χ1v) is 11.8. The van der Waals surface area contributed by atoms with Crippen LogP contribution in [0.2, 0.25) is 0 Å². The van der Waals surface area contributed by atoms with Crippen LogP contribution < -0.4 is 0 Å². The average molecular weight is 420 g/mol. The van der Waals surface area contributed by atoms with Gasteiger partial charge in [0.15, 0.2) is 0 Å². The maximum Gasteiger partial charge on any atom is 0.328 e. The van der Waals surface area contributed by atoms with Crippen LogP contribution in [0.25, 0.3) is 10.2 Å². The van der Waals surface area contributed by atoms with E-state index in [1.54, 1.807) is 23.2 Å². The van der Waals surface area contributed by atoms with Crippen LogP contribution in [0.1, 0.15) is 48.9 Å². The summed E-state index contributed by atoms with van der Waals surface area (Å²) in [5.74, 6) is 0.728. The van der Waals surface area contributed by atoms with Crippen molar-refractivity contribution < 1.29 is 14.3 Å². The van der Waals surface area contributed by atoms with E-state index in [1.807, 2.05) is 6.92 Å². The largest absolute Gasteiger partial charge is 0.464 e. The summed E-state index contributed by atoms with van der Waals surface area (Å²) in [6.45, 7) is 4.66. The Bertz CT molecular complexity index is 912. The Balaban J connectivity index is 1.52. The summed E-state index contributed by atoms with van der Waals surface area (Å²) >= 11 is 3.24. The number of fused-ring (bicyclic) bond motifs is 3. The van der Waals surface area contributed by atoms with E-state index in [0.717, 1.165) is 46.8 Å². The normalized spacial score (nSPS) is 19.1. The monoisotopic (exact) mass is 419 g/mol. The highest BCUT2D eigenvalue weighted by Crippen LogP contribution is 2.40. The number of esters is 1. The molecule has 2 aromatic heterocycles. The van der Waals surface area contributed by atoms with Gasteiger partial charge >= 0.3 is 5.97 Å². The van der Waals surface area contributed by atoms with Gasteiger partial charge in [0.05, 0.1) is 12.4 Å². The van der Waals surface area contributed by atoms with E-state index >= 15 is 0 Å². The fourth-order valence-electron chi connectivity index (χ4n) is 4.10. The van der Waals surface area contributed by atoms with Crippen LogP contribution in [0, 0.1) is 6.92 Å². The summed E-state index contributed by atoms with van der Waals surface area (Å²) < 4.78 is 5.18. The van der Waals surface area contributed by atoms with E-state index in [1.165, 1.54) is 28.6 Å². The maximum absolute atomic E-state index is 12.9. The summed E-state index contributed by atoms with van der Waals surface area (Å²) in [5.41, 5.74) is 1.37. The minimum Gasteiger partial charge on any atom is -0.464 e. The van der Waals surface area contributed by atoms with Crippen molar-refractivity contribution >= 4 is 45.2 Å². The van der Waals surface area contributed by atoms with Gasteiger partial charge < -0.3 is 9.64 Å². The summed E-state index contributed by atoms with van der Waals surface area (Å²) in [6, 6.07) is -0.445. The number of rotatable bonds is 5. The second-order valence-corrected chi connectivity index (χ2v) is 9.30. The molecule has 8 heteroatoms. The number of hydrogen-bond acceptors (Lipinski definition) is 7. The van der Waals surface area contributed by atoms with Crippen molar-refractivity contribution in [3.05, 3.63) is 16.3 Å². The van der Waals surface area contributed by atoms with Gasteiger partial charge in [-0.25, -0.2) is 14.8 Å². The van der Waals surface area contributed by atoms with Crippen molar-refractivity contribution in [2.45, 2.75) is 63.4 Å². The van der Waals surface area contributed by atoms with Crippen LogP contribution >= 0.6 is 23.1 Å². The first kappa shape index (κ1) is 19.6. The highest BCUT2D eigenvalue weighted by atomic mass is 32.2. The summed E-state index contributed by atoms with van der Waals surface area (Å²) in [5, 5.41) is 2.04. The minimum absolute atomic E-state index is 0.0148. The van der Waals surface area contributed by atoms with E-state index in [9.17, 15) is 9.59 Å². The molecule has 0 unspecified atom stereocenters. The van der Waals surface area contributed by atoms with E-state index < -0.39 is 6.04 Å². The lowest BCUT2D eigenvalue weighted by atomic mass is 10.0. The standard InChI is InChI=1S/C20H25N3O3S2/c1-3-26-20(25)14-8-4-5-10-23(14)16(24)11-27-18-17-13-7-6-9-15(13)28-19(17)22-12(2)21-18/h14H,3-11H2,1-2H3/t14-/m1/s1. The molecule has 1 amide bonds. The number of aryl methyl sites for hydroxylation is 3. The predicted octanol–water partition coefficient (Wildman–Crippen LogP) is 3.52. The molecule has 2 aliphatic rings. The SMILES string of the molecule is CCOC(=O)[C@H]1CCCCN1C(=O)CSc1nc(C)nc2sc3c(c12)CCC3. The van der Waals surface area contributed by atoms with Gasteiger partial charge in [0.25, 0.3) is 0 Å². The van der Waals surface area contributed by atoms with Crippen LogP contribution in [-0.4, -0.2) is 51.7 Å². The predicted molar refractivity (Wildman–Crippen MR) is 111 cm³/mol. The van der Waals surface area contributed by atoms with Crippen molar-refractivity contribution in [1.29, 1.82) is 0 Å². The zero-order valence-electron chi connectivity index (χ0n) is 16.3. The van der Waals surface area contributed by atoms with Crippen molar-refractivity contribution in [3.8, 4) is 0 Å². The molecule has 1 aliphatic carbocycles. The molecule has 0 N–H and O–H groups in total. The second kappa shape index (κ2) is 8.37. The molecular formula is C20H25N3O3S2. The van der Waals surface area contributed by atoms with Gasteiger partial charge in [0, 0.05) is 16.8 Å². The van der Waals surface area contributed by atoms with Gasteiger partial charge in [0.1, 0.15) is 21.7 Å². The number of thioether (sulfide) groups is 1. The van der Waals surface area contributed by atoms with Crippen LogP contribution in [0.5, 0.6) is 0 Å². The quantitative estimate of drug-likeness (QED) is 0.419. The number of aromatic nitrogens is 2. The molecular weight excluding hydrogens is 394 g/mol. The molecule has 1 fully saturated rings. The second-order valence-electron chi connectivity index (χ2n) is 7.25. The third kappa shape index (κ3) is 3.76. The Hall–Kier alpha value is -1.67. The Morgan fingerprint density at radius 2 is 2.11 bits per heavy atom. The van der Waals surface area contributed by atoms with Crippen LogP contribution in [0.3, 0.4) is 0 Å². The molecule has 150 valence electrons. The fourth-order valence-corrected chi connectivity index (χ4v) is 6.45. The lowest BCUT2D eigenvalue weighted by molar-refractivity contribution is -0.155. The first-order valence-electron chi connectivity index (χ1n) is 9.96. The molecule has 0 radical (unpaired) electrons. The zero-order chi connectivity index (χ0) is 19.7. The number of likely N-dealkylation sites (tertiary alicyclic amines) is 1. The van der Waals surface area contributed by atoms with Crippen LogP contribution in [0.15, 0.2) is 5.03 Å². The van der Waals surface area contributed by atoms with E-state index in [4.69, 9.17) is 4.74 Å². The third-order valence-electron chi connectivity index (χ3n) is 5.36. The Kier molecular flexibility index (Phi) is 5.87. The molecule has 0 saturated carbocycles. The summed E-state index contributed by atoms with van der Waals surface area (Å²) in [6.07, 6.45) is 5.94. The van der Waals surface area contributed by atoms with E-state index in [0.29, 0.717) is 19.6 Å². The number of ether oxygens (including phenoxy) is 1. The summed E-state index contributed by atoms with van der Waals surface area (Å²) in [7, 11) is 0. The molecule has 0 aromatic carbocycles. The molecule has 6 nitrogen and oxygen atoms in total. The first-order chi connectivity index (χ1) is 13.6. The van der Waals surface area contributed by atoms with Crippen molar-refractivity contribution in [2.75, 3.05) is 18.9 Å². The Morgan fingerprint density at radius 3 is 2.93 bits per heavy atom. The number of nitrogens with zero attached hydrogens (tertiary/aromatic N) is 3. The van der Waals surface area contributed by atoms with Gasteiger partial charge in [-0.1, -0.05) is 11.8 Å². The Morgan fingerprint density at radius 1 is 1.25 bits per heavy atom. The number of carbonyl (C=O) groups excluding carboxylic acids is 2. The van der Waals surface area contributed by atoms with Crippen molar-refractivity contribution in [2.24, 2.45) is 0 Å². The van der Waals surface area contributed by atoms with Gasteiger partial charge in [0.2, 0.25) is 5.91 Å². The number of thiophene rings is 1. The smallest absolute Gasteiger partial charge is 0.328 e. The topological polar surface area (TPSA) is 72.4 Å². The van der Waals surface area contributed by atoms with Crippen molar-refractivity contribution in [1.82, 2.24) is 14.9 Å². The molecule has 1 aliphatic heterocycles. The minimum atomic E-state index is -0.445. The molecule has 28 heavy (non-hydrogen) atoms. The highest BCUT2D eigenvalue weighted by molar-refractivity contribution is 8.00. The molecule has 0 spiro atoms. The number of piperidine rings is 1. The summed E-state index contributed by atoms with van der Waals surface area (Å²) in [4.78, 5) is 38.6. The number of hydrogen-bond donors (Lipinski definition) is 0. The number of amides is 1. The molecule has 2 aromatic rings. The highest BCUT2D eigenvalue weighted by Gasteiger charge is 2.33. The lowest BCUT2D eigenvalue weighted by Gasteiger charge is -2.34. The molecule has 4 rings (SSSR count). The Labute approximate surface area is 173 Å². The van der Waals surface area contributed by atoms with Gasteiger partial charge in [-0.3, -0.25) is 4.79 Å². The third-order valence-corrected chi connectivity index (χ3v) is 7.50. The van der Waals surface area contributed by atoms with Crippen LogP contribution in [-0.2, 0) is 27.2 Å². The van der Waals surface area contributed by atoms with E-state index in [2.05, 4.69) is 9.97 Å². The molecule has 0 bridgehead atoms. The number of carbonyl (C=O) groups is 2. The van der Waals surface area contributed by atoms with E-state index in [-0.39, 0.29) is 17.6 Å². The van der Waals surface area contributed by atoms with Gasteiger partial charge in [-0.05, 0) is 57.9 Å². The molecule has 3 heterocycles. The average Bonchev–Trinajstić information content (AvgIpc) is 3.26. The van der Waals surface area contributed by atoms with Crippen molar-refractivity contribution in [3.63, 3.8) is 0 Å². The van der Waals surface area contributed by atoms with Gasteiger partial charge in [-0.15, -0.1) is 11.3 Å². The molecule has 1 atom stereocenters. The maximum atomic E-state index is 12.9. The molecule has 1 saturated heterocycles. The van der Waals surface area contributed by atoms with Gasteiger partial charge in [-0.2, -0.15) is 0 Å². The zero-order valence-corrected chi connectivity index (χ0v) is 18.0. The van der Waals surface area contributed by atoms with Crippen LogP contribution in [0.4, 0.5) is 0 Å².